The zero-order chi connectivity index (χ0) is 19.7. The van der Waals surface area contributed by atoms with Crippen molar-refractivity contribution in [1.82, 2.24) is 14.4 Å². The van der Waals surface area contributed by atoms with Crippen LogP contribution in [0, 0.1) is 17.2 Å². The fraction of sp³-hybridized carbons (Fsp3) is 0.381. The SMILES string of the molecule is CCc1nc2c(-c3ccc(Cl)cc3Cl)nccn2c1N(CCC#N)CC1CC1. The Labute approximate surface area is 174 Å². The summed E-state index contributed by atoms with van der Waals surface area (Å²) in [4.78, 5) is 11.8. The first-order valence-electron chi connectivity index (χ1n) is 9.55. The van der Waals surface area contributed by atoms with Gasteiger partial charge in [-0.2, -0.15) is 5.26 Å². The fourth-order valence-electron chi connectivity index (χ4n) is 3.54. The van der Waals surface area contributed by atoms with Gasteiger partial charge in [0.2, 0.25) is 0 Å². The second-order valence-electron chi connectivity index (χ2n) is 7.13. The summed E-state index contributed by atoms with van der Waals surface area (Å²) in [6, 6.07) is 7.69. The number of benzene rings is 1. The number of aromatic nitrogens is 3. The molecule has 1 fully saturated rings. The van der Waals surface area contributed by atoms with Crippen LogP contribution in [0.3, 0.4) is 0 Å². The Morgan fingerprint density at radius 3 is 2.82 bits per heavy atom. The van der Waals surface area contributed by atoms with Crippen LogP contribution < -0.4 is 4.90 Å². The summed E-state index contributed by atoms with van der Waals surface area (Å²) < 4.78 is 2.09. The average molecular weight is 414 g/mol. The molecule has 2 aromatic heterocycles. The Kier molecular flexibility index (Phi) is 5.43. The van der Waals surface area contributed by atoms with Crippen LogP contribution in [0.15, 0.2) is 30.6 Å². The van der Waals surface area contributed by atoms with E-state index in [9.17, 15) is 0 Å². The molecule has 0 spiro atoms. The monoisotopic (exact) mass is 413 g/mol. The largest absolute Gasteiger partial charge is 0.355 e. The summed E-state index contributed by atoms with van der Waals surface area (Å²) in [5.74, 6) is 1.77. The molecule has 1 saturated carbocycles. The van der Waals surface area contributed by atoms with E-state index >= 15 is 0 Å². The molecule has 1 aliphatic rings. The second kappa shape index (κ2) is 7.98. The van der Waals surface area contributed by atoms with Crippen LogP contribution in [0.2, 0.25) is 10.0 Å². The number of anilines is 1. The molecule has 0 N–H and O–H groups in total. The van der Waals surface area contributed by atoms with E-state index in [0.29, 0.717) is 28.9 Å². The quantitative estimate of drug-likeness (QED) is 0.520. The number of fused-ring (bicyclic) bond motifs is 1. The van der Waals surface area contributed by atoms with Gasteiger partial charge in [-0.25, -0.2) is 4.98 Å². The lowest BCUT2D eigenvalue weighted by molar-refractivity contribution is 0.707. The highest BCUT2D eigenvalue weighted by Gasteiger charge is 2.28. The van der Waals surface area contributed by atoms with Crippen LogP contribution in [0.1, 0.15) is 31.9 Å². The number of nitrogens with zero attached hydrogens (tertiary/aromatic N) is 5. The summed E-state index contributed by atoms with van der Waals surface area (Å²) in [6.45, 7) is 3.77. The molecule has 1 aromatic carbocycles. The van der Waals surface area contributed by atoms with Crippen molar-refractivity contribution in [2.24, 2.45) is 5.92 Å². The molecule has 4 rings (SSSR count). The van der Waals surface area contributed by atoms with Gasteiger partial charge in [-0.1, -0.05) is 30.1 Å². The lowest BCUT2D eigenvalue weighted by Crippen LogP contribution is -2.28. The third-order valence-corrected chi connectivity index (χ3v) is 5.62. The summed E-state index contributed by atoms with van der Waals surface area (Å²) in [5, 5.41) is 10.3. The summed E-state index contributed by atoms with van der Waals surface area (Å²) >= 11 is 12.5. The van der Waals surface area contributed by atoms with Gasteiger partial charge in [0, 0.05) is 36.1 Å². The standard InChI is InChI=1S/C21H21Cl2N5/c1-2-18-21(27(10-3-8-24)13-14-4-5-14)28-11-9-25-19(20(28)26-18)16-7-6-15(22)12-17(16)23/h6-7,9,11-12,14H,2-5,10,13H2,1H3. The van der Waals surface area contributed by atoms with E-state index in [0.717, 1.165) is 41.4 Å². The molecule has 0 amide bonds. The lowest BCUT2D eigenvalue weighted by atomic mass is 10.1. The molecule has 0 aliphatic heterocycles. The van der Waals surface area contributed by atoms with E-state index in [-0.39, 0.29) is 0 Å². The van der Waals surface area contributed by atoms with E-state index in [1.54, 1.807) is 12.3 Å². The Morgan fingerprint density at radius 1 is 1.32 bits per heavy atom. The van der Waals surface area contributed by atoms with Crippen molar-refractivity contribution in [2.45, 2.75) is 32.6 Å². The second-order valence-corrected chi connectivity index (χ2v) is 7.97. The number of imidazole rings is 1. The molecular formula is C21H21Cl2N5. The van der Waals surface area contributed by atoms with Crippen molar-refractivity contribution in [1.29, 1.82) is 5.26 Å². The summed E-state index contributed by atoms with van der Waals surface area (Å²) in [7, 11) is 0. The number of halogens is 2. The predicted molar refractivity (Wildman–Crippen MR) is 113 cm³/mol. The minimum atomic E-state index is 0.490. The van der Waals surface area contributed by atoms with E-state index < -0.39 is 0 Å². The zero-order valence-electron chi connectivity index (χ0n) is 15.7. The van der Waals surface area contributed by atoms with Crippen LogP contribution in [0.25, 0.3) is 16.9 Å². The lowest BCUT2D eigenvalue weighted by Gasteiger charge is -2.24. The van der Waals surface area contributed by atoms with Gasteiger partial charge in [0.15, 0.2) is 5.65 Å². The Bertz CT molecular complexity index is 1050. The van der Waals surface area contributed by atoms with Gasteiger partial charge in [0.05, 0.1) is 23.2 Å². The van der Waals surface area contributed by atoms with Gasteiger partial charge < -0.3 is 4.90 Å². The maximum Gasteiger partial charge on any atom is 0.165 e. The molecule has 2 heterocycles. The number of hydrogen-bond acceptors (Lipinski definition) is 4. The van der Waals surface area contributed by atoms with Gasteiger partial charge in [0.1, 0.15) is 11.5 Å². The molecule has 0 bridgehead atoms. The highest BCUT2D eigenvalue weighted by molar-refractivity contribution is 6.36. The highest BCUT2D eigenvalue weighted by Crippen LogP contribution is 2.36. The van der Waals surface area contributed by atoms with Crippen LogP contribution >= 0.6 is 23.2 Å². The van der Waals surface area contributed by atoms with Crippen molar-refractivity contribution in [3.63, 3.8) is 0 Å². The molecular weight excluding hydrogens is 393 g/mol. The maximum absolute atomic E-state index is 9.11. The van der Waals surface area contributed by atoms with E-state index in [1.165, 1.54) is 12.8 Å². The molecule has 0 atom stereocenters. The Balaban J connectivity index is 1.86. The van der Waals surface area contributed by atoms with Crippen LogP contribution in [-0.2, 0) is 6.42 Å². The third kappa shape index (κ3) is 3.67. The smallest absolute Gasteiger partial charge is 0.165 e. The number of aryl methyl sites for hydroxylation is 1. The van der Waals surface area contributed by atoms with Gasteiger partial charge >= 0.3 is 0 Å². The number of hydrogen-bond donors (Lipinski definition) is 0. The normalized spacial score (nSPS) is 13.6. The van der Waals surface area contributed by atoms with Gasteiger partial charge in [-0.05, 0) is 43.4 Å². The first kappa shape index (κ1) is 19.0. The van der Waals surface area contributed by atoms with Crippen molar-refractivity contribution in [3.05, 3.63) is 46.3 Å². The van der Waals surface area contributed by atoms with Gasteiger partial charge in [-0.3, -0.25) is 9.38 Å². The summed E-state index contributed by atoms with van der Waals surface area (Å²) in [5.41, 5.74) is 3.33. The number of rotatable bonds is 7. The van der Waals surface area contributed by atoms with Crippen LogP contribution in [-0.4, -0.2) is 27.5 Å². The van der Waals surface area contributed by atoms with Crippen molar-refractivity contribution >= 4 is 34.7 Å². The molecule has 5 nitrogen and oxygen atoms in total. The molecule has 1 aliphatic carbocycles. The molecule has 0 radical (unpaired) electrons. The van der Waals surface area contributed by atoms with Crippen molar-refractivity contribution in [2.75, 3.05) is 18.0 Å². The predicted octanol–water partition coefficient (Wildman–Crippen LogP) is 5.40. The maximum atomic E-state index is 9.11. The Morgan fingerprint density at radius 2 is 2.14 bits per heavy atom. The average Bonchev–Trinajstić information content (AvgIpc) is 3.42. The topological polar surface area (TPSA) is 57.2 Å². The van der Waals surface area contributed by atoms with E-state index in [4.69, 9.17) is 33.4 Å². The first-order chi connectivity index (χ1) is 13.6. The van der Waals surface area contributed by atoms with Crippen LogP contribution in [0.4, 0.5) is 5.82 Å². The first-order valence-corrected chi connectivity index (χ1v) is 10.3. The van der Waals surface area contributed by atoms with Crippen LogP contribution in [0.5, 0.6) is 0 Å². The van der Waals surface area contributed by atoms with Gasteiger partial charge in [0.25, 0.3) is 0 Å². The van der Waals surface area contributed by atoms with Crippen molar-refractivity contribution in [3.8, 4) is 17.3 Å². The highest BCUT2D eigenvalue weighted by atomic mass is 35.5. The van der Waals surface area contributed by atoms with Crippen molar-refractivity contribution < 1.29 is 0 Å². The minimum absolute atomic E-state index is 0.490. The fourth-order valence-corrected chi connectivity index (χ4v) is 4.03. The zero-order valence-corrected chi connectivity index (χ0v) is 17.2. The third-order valence-electron chi connectivity index (χ3n) is 5.08. The molecule has 144 valence electrons. The molecule has 0 unspecified atom stereocenters. The molecule has 7 heteroatoms. The molecule has 0 saturated heterocycles. The minimum Gasteiger partial charge on any atom is -0.355 e. The summed E-state index contributed by atoms with van der Waals surface area (Å²) in [6.07, 6.45) is 7.53. The van der Waals surface area contributed by atoms with E-state index in [1.807, 2.05) is 18.3 Å². The van der Waals surface area contributed by atoms with Gasteiger partial charge in [-0.15, -0.1) is 0 Å². The Hall–Kier alpha value is -2.29. The van der Waals surface area contributed by atoms with E-state index in [2.05, 4.69) is 27.3 Å². The molecule has 28 heavy (non-hydrogen) atoms. The number of nitriles is 1. The molecule has 3 aromatic rings.